The Bertz CT molecular complexity index is 615. The molecule has 0 aliphatic rings. The van der Waals surface area contributed by atoms with E-state index in [1.165, 1.54) is 6.07 Å². The van der Waals surface area contributed by atoms with E-state index in [9.17, 15) is 9.18 Å². The predicted molar refractivity (Wildman–Crippen MR) is 83.3 cm³/mol. The second kappa shape index (κ2) is 7.23. The third kappa shape index (κ3) is 4.30. The maximum absolute atomic E-state index is 13.5. The van der Waals surface area contributed by atoms with Crippen LogP contribution in [0.4, 0.5) is 4.39 Å². The number of carbonyl (C=O) groups is 1. The number of amides is 1. The number of benzene rings is 2. The van der Waals surface area contributed by atoms with E-state index in [2.05, 4.69) is 5.32 Å². The van der Waals surface area contributed by atoms with Crippen molar-refractivity contribution in [3.63, 3.8) is 0 Å². The zero-order valence-corrected chi connectivity index (χ0v) is 12.5. The molecule has 2 aromatic carbocycles. The molecule has 1 atom stereocenters. The van der Waals surface area contributed by atoms with Crippen LogP contribution in [0.2, 0.25) is 0 Å². The highest BCUT2D eigenvalue weighted by Gasteiger charge is 2.14. The van der Waals surface area contributed by atoms with Crippen LogP contribution in [-0.4, -0.2) is 17.8 Å². The van der Waals surface area contributed by atoms with Gasteiger partial charge in [0.05, 0.1) is 0 Å². The van der Waals surface area contributed by atoms with Gasteiger partial charge in [-0.05, 0) is 36.6 Å². The lowest BCUT2D eigenvalue weighted by molar-refractivity contribution is 0.0940. The number of nitrogens with one attached hydrogen (secondary N) is 1. The molecule has 0 saturated carbocycles. The lowest BCUT2D eigenvalue weighted by Crippen LogP contribution is -2.37. The van der Waals surface area contributed by atoms with E-state index in [0.717, 1.165) is 5.56 Å². The molecule has 0 aliphatic heterocycles. The summed E-state index contributed by atoms with van der Waals surface area (Å²) < 4.78 is 13.5. The molecular weight excluding hydrogens is 289 g/mol. The molecule has 110 valence electrons. The number of carbonyl (C=O) groups excluding carboxylic acids is 1. The number of alkyl halides is 1. The predicted octanol–water partition coefficient (Wildman–Crippen LogP) is 3.71. The van der Waals surface area contributed by atoms with Crippen molar-refractivity contribution in [3.8, 4) is 0 Å². The molecule has 2 nitrogen and oxygen atoms in total. The van der Waals surface area contributed by atoms with Crippen LogP contribution in [0.15, 0.2) is 48.5 Å². The number of hydrogen-bond acceptors (Lipinski definition) is 1. The maximum Gasteiger partial charge on any atom is 0.251 e. The van der Waals surface area contributed by atoms with Gasteiger partial charge in [0.2, 0.25) is 0 Å². The number of halogens is 2. The first kappa shape index (κ1) is 15.5. The average Bonchev–Trinajstić information content (AvgIpc) is 2.50. The highest BCUT2D eigenvalue weighted by molar-refractivity contribution is 6.18. The molecule has 0 aromatic heterocycles. The Morgan fingerprint density at radius 3 is 2.57 bits per heavy atom. The number of aryl methyl sites for hydroxylation is 1. The molecular formula is C17H17ClFNO. The minimum absolute atomic E-state index is 0.189. The smallest absolute Gasteiger partial charge is 0.251 e. The molecule has 2 rings (SSSR count). The molecule has 0 aliphatic carbocycles. The van der Waals surface area contributed by atoms with Crippen molar-refractivity contribution in [2.24, 2.45) is 0 Å². The van der Waals surface area contributed by atoms with Crippen LogP contribution < -0.4 is 5.32 Å². The molecule has 1 unspecified atom stereocenters. The van der Waals surface area contributed by atoms with Gasteiger partial charge < -0.3 is 5.32 Å². The standard InChI is InChI=1S/C17H17ClFNO/c1-12-7-8-14(10-16(12)19)17(21)20-15(11-18)9-13-5-3-2-4-6-13/h2-8,10,15H,9,11H2,1H3,(H,20,21). The highest BCUT2D eigenvalue weighted by Crippen LogP contribution is 2.10. The molecule has 0 bridgehead atoms. The minimum Gasteiger partial charge on any atom is -0.348 e. The van der Waals surface area contributed by atoms with E-state index in [1.807, 2.05) is 30.3 Å². The first-order valence-electron chi connectivity index (χ1n) is 6.77. The zero-order chi connectivity index (χ0) is 15.2. The molecule has 0 radical (unpaired) electrons. The largest absolute Gasteiger partial charge is 0.348 e. The Labute approximate surface area is 128 Å². The Kier molecular flexibility index (Phi) is 5.34. The highest BCUT2D eigenvalue weighted by atomic mass is 35.5. The second-order valence-corrected chi connectivity index (χ2v) is 5.29. The van der Waals surface area contributed by atoms with Gasteiger partial charge in [-0.2, -0.15) is 0 Å². The van der Waals surface area contributed by atoms with Gasteiger partial charge in [-0.25, -0.2) is 4.39 Å². The lowest BCUT2D eigenvalue weighted by atomic mass is 10.1. The summed E-state index contributed by atoms with van der Waals surface area (Å²) in [6, 6.07) is 14.1. The fourth-order valence-electron chi connectivity index (χ4n) is 2.05. The van der Waals surface area contributed by atoms with E-state index >= 15 is 0 Å². The van der Waals surface area contributed by atoms with Crippen molar-refractivity contribution >= 4 is 17.5 Å². The minimum atomic E-state index is -0.381. The fourth-order valence-corrected chi connectivity index (χ4v) is 2.23. The summed E-state index contributed by atoms with van der Waals surface area (Å²) in [5.74, 6) is -0.391. The normalized spacial score (nSPS) is 12.0. The molecule has 21 heavy (non-hydrogen) atoms. The average molecular weight is 306 g/mol. The summed E-state index contributed by atoms with van der Waals surface area (Å²) in [6.45, 7) is 1.66. The molecule has 2 aromatic rings. The van der Waals surface area contributed by atoms with Gasteiger partial charge in [0.25, 0.3) is 5.91 Å². The Hall–Kier alpha value is -1.87. The zero-order valence-electron chi connectivity index (χ0n) is 11.8. The monoisotopic (exact) mass is 305 g/mol. The van der Waals surface area contributed by atoms with Crippen LogP contribution >= 0.6 is 11.6 Å². The van der Waals surface area contributed by atoms with Crippen molar-refractivity contribution in [3.05, 3.63) is 71.0 Å². The van der Waals surface area contributed by atoms with Crippen molar-refractivity contribution in [2.75, 3.05) is 5.88 Å². The molecule has 0 fully saturated rings. The van der Waals surface area contributed by atoms with Crippen LogP contribution in [0.25, 0.3) is 0 Å². The van der Waals surface area contributed by atoms with Crippen molar-refractivity contribution in [1.29, 1.82) is 0 Å². The molecule has 4 heteroatoms. The second-order valence-electron chi connectivity index (χ2n) is 4.98. The summed E-state index contributed by atoms with van der Waals surface area (Å²) >= 11 is 5.92. The van der Waals surface area contributed by atoms with E-state index < -0.39 is 0 Å². The van der Waals surface area contributed by atoms with Crippen molar-refractivity contribution in [2.45, 2.75) is 19.4 Å². The van der Waals surface area contributed by atoms with E-state index in [0.29, 0.717) is 23.4 Å². The van der Waals surface area contributed by atoms with Crippen LogP contribution in [0.1, 0.15) is 21.5 Å². The topological polar surface area (TPSA) is 29.1 Å². The van der Waals surface area contributed by atoms with Gasteiger partial charge in [-0.3, -0.25) is 4.79 Å². The van der Waals surface area contributed by atoms with Gasteiger partial charge >= 0.3 is 0 Å². The van der Waals surface area contributed by atoms with E-state index in [-0.39, 0.29) is 17.8 Å². The van der Waals surface area contributed by atoms with Gasteiger partial charge in [0.15, 0.2) is 0 Å². The quantitative estimate of drug-likeness (QED) is 0.838. The third-order valence-electron chi connectivity index (χ3n) is 3.28. The first-order chi connectivity index (χ1) is 10.1. The van der Waals surface area contributed by atoms with Crippen molar-refractivity contribution < 1.29 is 9.18 Å². The van der Waals surface area contributed by atoms with Gasteiger partial charge in [0.1, 0.15) is 5.82 Å². The fraction of sp³-hybridized carbons (Fsp3) is 0.235. The first-order valence-corrected chi connectivity index (χ1v) is 7.30. The molecule has 1 N–H and O–H groups in total. The maximum atomic E-state index is 13.5. The Balaban J connectivity index is 2.04. The lowest BCUT2D eigenvalue weighted by Gasteiger charge is -2.16. The molecule has 0 heterocycles. The summed E-state index contributed by atoms with van der Waals surface area (Å²) in [6.07, 6.45) is 0.643. The summed E-state index contributed by atoms with van der Waals surface area (Å²) in [4.78, 5) is 12.1. The number of hydrogen-bond donors (Lipinski definition) is 1. The Morgan fingerprint density at radius 2 is 1.95 bits per heavy atom. The van der Waals surface area contributed by atoms with Crippen LogP contribution in [-0.2, 0) is 6.42 Å². The van der Waals surface area contributed by atoms with E-state index in [1.54, 1.807) is 19.1 Å². The summed E-state index contributed by atoms with van der Waals surface area (Å²) in [7, 11) is 0. The van der Waals surface area contributed by atoms with Gasteiger partial charge in [-0.15, -0.1) is 11.6 Å². The molecule has 1 amide bonds. The van der Waals surface area contributed by atoms with E-state index in [4.69, 9.17) is 11.6 Å². The van der Waals surface area contributed by atoms with Crippen LogP contribution in [0.5, 0.6) is 0 Å². The Morgan fingerprint density at radius 1 is 1.24 bits per heavy atom. The van der Waals surface area contributed by atoms with Crippen LogP contribution in [0, 0.1) is 12.7 Å². The van der Waals surface area contributed by atoms with Crippen molar-refractivity contribution in [1.82, 2.24) is 5.32 Å². The summed E-state index contributed by atoms with van der Waals surface area (Å²) in [5, 5.41) is 2.84. The van der Waals surface area contributed by atoms with Crippen LogP contribution in [0.3, 0.4) is 0 Å². The third-order valence-corrected chi connectivity index (χ3v) is 3.65. The van der Waals surface area contributed by atoms with Gasteiger partial charge in [0, 0.05) is 17.5 Å². The summed E-state index contributed by atoms with van der Waals surface area (Å²) in [5.41, 5.74) is 1.92. The number of rotatable bonds is 5. The molecule has 0 spiro atoms. The van der Waals surface area contributed by atoms with Gasteiger partial charge in [-0.1, -0.05) is 36.4 Å². The molecule has 0 saturated heterocycles. The SMILES string of the molecule is Cc1ccc(C(=O)NC(CCl)Cc2ccccc2)cc1F.